The molecule has 0 radical (unpaired) electrons. The van der Waals surface area contributed by atoms with Gasteiger partial charge < -0.3 is 15.4 Å². The molecule has 2 N–H and O–H groups in total. The van der Waals surface area contributed by atoms with Crippen LogP contribution in [0.1, 0.15) is 37.2 Å². The Balaban J connectivity index is 2.43. The van der Waals surface area contributed by atoms with E-state index in [1.54, 1.807) is 19.4 Å². The summed E-state index contributed by atoms with van der Waals surface area (Å²) in [6.07, 6.45) is 3.42. The number of nitrogens with zero attached hydrogens (tertiary/aromatic N) is 2. The molecule has 0 saturated carbocycles. The summed E-state index contributed by atoms with van der Waals surface area (Å²) in [5, 5.41) is 5.92. The van der Waals surface area contributed by atoms with Crippen molar-refractivity contribution in [2.75, 3.05) is 32.1 Å². The van der Waals surface area contributed by atoms with E-state index in [0.717, 1.165) is 19.4 Å². The maximum absolute atomic E-state index is 11.9. The van der Waals surface area contributed by atoms with Crippen LogP contribution >= 0.6 is 0 Å². The Bertz CT molecular complexity index is 410. The van der Waals surface area contributed by atoms with E-state index in [1.807, 2.05) is 0 Å². The quantitative estimate of drug-likeness (QED) is 0.673. The van der Waals surface area contributed by atoms with Crippen LogP contribution in [0.4, 0.5) is 5.95 Å². The number of carbonyl (C=O) groups excluding carboxylic acids is 1. The summed E-state index contributed by atoms with van der Waals surface area (Å²) < 4.78 is 4.93. The molecule has 0 aromatic carbocycles. The van der Waals surface area contributed by atoms with Crippen LogP contribution in [0.2, 0.25) is 0 Å². The summed E-state index contributed by atoms with van der Waals surface area (Å²) in [7, 11) is 1.64. The van der Waals surface area contributed by atoms with E-state index in [-0.39, 0.29) is 5.91 Å². The fourth-order valence-corrected chi connectivity index (χ4v) is 1.55. The average molecular weight is 280 g/mol. The van der Waals surface area contributed by atoms with Gasteiger partial charge in [0.05, 0.1) is 0 Å². The number of methoxy groups -OCH3 is 1. The van der Waals surface area contributed by atoms with Crippen molar-refractivity contribution in [1.82, 2.24) is 15.3 Å². The molecule has 1 aromatic heterocycles. The fraction of sp³-hybridized carbons (Fsp3) is 0.643. The van der Waals surface area contributed by atoms with Crippen molar-refractivity contribution in [3.8, 4) is 0 Å². The van der Waals surface area contributed by atoms with E-state index in [9.17, 15) is 4.79 Å². The van der Waals surface area contributed by atoms with Gasteiger partial charge in [-0.3, -0.25) is 4.79 Å². The lowest BCUT2D eigenvalue weighted by molar-refractivity contribution is 0.0943. The molecular formula is C14H24N4O2. The molecule has 1 rings (SSSR count). The van der Waals surface area contributed by atoms with Crippen molar-refractivity contribution < 1.29 is 9.53 Å². The van der Waals surface area contributed by atoms with Gasteiger partial charge in [-0.05, 0) is 24.8 Å². The smallest absolute Gasteiger partial charge is 0.270 e. The minimum absolute atomic E-state index is 0.185. The summed E-state index contributed by atoms with van der Waals surface area (Å²) in [5.41, 5.74) is 0.379. The highest BCUT2D eigenvalue weighted by atomic mass is 16.5. The predicted molar refractivity (Wildman–Crippen MR) is 78.8 cm³/mol. The molecular weight excluding hydrogens is 256 g/mol. The molecule has 0 aliphatic carbocycles. The van der Waals surface area contributed by atoms with Crippen LogP contribution < -0.4 is 10.6 Å². The second kappa shape index (κ2) is 9.25. The Morgan fingerprint density at radius 2 is 2.20 bits per heavy atom. The van der Waals surface area contributed by atoms with E-state index in [4.69, 9.17) is 4.74 Å². The number of aromatic nitrogens is 2. The molecule has 0 bridgehead atoms. The lowest BCUT2D eigenvalue weighted by Gasteiger charge is -2.08. The molecule has 0 aliphatic rings. The van der Waals surface area contributed by atoms with Crippen molar-refractivity contribution in [3.63, 3.8) is 0 Å². The second-order valence-corrected chi connectivity index (χ2v) is 4.98. The number of hydrogen-bond acceptors (Lipinski definition) is 5. The number of anilines is 1. The van der Waals surface area contributed by atoms with Crippen LogP contribution in [0.15, 0.2) is 12.3 Å². The number of carbonyl (C=O) groups is 1. The minimum atomic E-state index is -0.185. The second-order valence-electron chi connectivity index (χ2n) is 4.98. The number of rotatable bonds is 9. The Morgan fingerprint density at radius 1 is 1.40 bits per heavy atom. The fourth-order valence-electron chi connectivity index (χ4n) is 1.55. The van der Waals surface area contributed by atoms with Gasteiger partial charge in [0.2, 0.25) is 5.95 Å². The topological polar surface area (TPSA) is 76.1 Å². The van der Waals surface area contributed by atoms with E-state index in [0.29, 0.717) is 30.7 Å². The maximum Gasteiger partial charge on any atom is 0.270 e. The zero-order valence-corrected chi connectivity index (χ0v) is 12.5. The lowest BCUT2D eigenvalue weighted by atomic mass is 10.1. The van der Waals surface area contributed by atoms with Gasteiger partial charge in [-0.1, -0.05) is 13.8 Å². The highest BCUT2D eigenvalue weighted by Gasteiger charge is 2.08. The summed E-state index contributed by atoms with van der Waals surface area (Å²) in [5.74, 6) is 0.931. The first-order valence-electron chi connectivity index (χ1n) is 6.97. The molecule has 0 atom stereocenters. The van der Waals surface area contributed by atoms with Crippen LogP contribution in [0.25, 0.3) is 0 Å². The first-order chi connectivity index (χ1) is 9.63. The molecule has 0 saturated heterocycles. The van der Waals surface area contributed by atoms with Gasteiger partial charge in [0.15, 0.2) is 0 Å². The maximum atomic E-state index is 11.9. The molecule has 0 fully saturated rings. The standard InChI is InChI=1S/C14H24N4O2/c1-11(2)5-8-16-14-17-9-6-12(18-14)13(19)15-7-4-10-20-3/h6,9,11H,4-5,7-8,10H2,1-3H3,(H,15,19)(H,16,17,18). The van der Waals surface area contributed by atoms with Gasteiger partial charge >= 0.3 is 0 Å². The zero-order chi connectivity index (χ0) is 14.8. The van der Waals surface area contributed by atoms with Crippen molar-refractivity contribution in [3.05, 3.63) is 18.0 Å². The molecule has 1 heterocycles. The summed E-state index contributed by atoms with van der Waals surface area (Å²) in [6, 6.07) is 1.61. The largest absolute Gasteiger partial charge is 0.385 e. The van der Waals surface area contributed by atoms with Gasteiger partial charge in [-0.15, -0.1) is 0 Å². The summed E-state index contributed by atoms with van der Waals surface area (Å²) in [6.45, 7) is 6.33. The highest BCUT2D eigenvalue weighted by molar-refractivity contribution is 5.92. The van der Waals surface area contributed by atoms with Gasteiger partial charge in [0.25, 0.3) is 5.91 Å². The van der Waals surface area contributed by atoms with Crippen LogP contribution in [0, 0.1) is 5.92 Å². The third-order valence-electron chi connectivity index (χ3n) is 2.70. The molecule has 112 valence electrons. The zero-order valence-electron chi connectivity index (χ0n) is 12.5. The monoisotopic (exact) mass is 280 g/mol. The van der Waals surface area contributed by atoms with Crippen LogP contribution in [-0.2, 0) is 4.74 Å². The van der Waals surface area contributed by atoms with Crippen molar-refractivity contribution >= 4 is 11.9 Å². The molecule has 6 heteroatoms. The van der Waals surface area contributed by atoms with Gasteiger partial charge in [-0.2, -0.15) is 0 Å². The Labute approximate surface area is 120 Å². The van der Waals surface area contributed by atoms with Gasteiger partial charge in [0.1, 0.15) is 5.69 Å². The first-order valence-corrected chi connectivity index (χ1v) is 6.97. The van der Waals surface area contributed by atoms with Gasteiger partial charge in [-0.25, -0.2) is 9.97 Å². The molecule has 0 unspecified atom stereocenters. The van der Waals surface area contributed by atoms with Gasteiger partial charge in [0, 0.05) is 33.0 Å². The van der Waals surface area contributed by atoms with E-state index in [2.05, 4.69) is 34.4 Å². The molecule has 0 spiro atoms. The summed E-state index contributed by atoms with van der Waals surface area (Å²) in [4.78, 5) is 20.2. The number of nitrogens with one attached hydrogen (secondary N) is 2. The van der Waals surface area contributed by atoms with Crippen LogP contribution in [-0.4, -0.2) is 42.7 Å². The molecule has 1 amide bonds. The molecule has 6 nitrogen and oxygen atoms in total. The number of amides is 1. The normalized spacial score (nSPS) is 10.6. The Morgan fingerprint density at radius 3 is 2.90 bits per heavy atom. The van der Waals surface area contributed by atoms with Crippen molar-refractivity contribution in [2.45, 2.75) is 26.7 Å². The molecule has 20 heavy (non-hydrogen) atoms. The van der Waals surface area contributed by atoms with Crippen LogP contribution in [0.5, 0.6) is 0 Å². The van der Waals surface area contributed by atoms with E-state index < -0.39 is 0 Å². The van der Waals surface area contributed by atoms with Crippen molar-refractivity contribution in [2.24, 2.45) is 5.92 Å². The number of hydrogen-bond donors (Lipinski definition) is 2. The molecule has 1 aromatic rings. The third-order valence-corrected chi connectivity index (χ3v) is 2.70. The van der Waals surface area contributed by atoms with Crippen molar-refractivity contribution in [1.29, 1.82) is 0 Å². The lowest BCUT2D eigenvalue weighted by Crippen LogP contribution is -2.26. The predicted octanol–water partition coefficient (Wildman–Crippen LogP) is 1.70. The third kappa shape index (κ3) is 6.47. The minimum Gasteiger partial charge on any atom is -0.385 e. The van der Waals surface area contributed by atoms with Crippen LogP contribution in [0.3, 0.4) is 0 Å². The number of ether oxygens (including phenoxy) is 1. The van der Waals surface area contributed by atoms with E-state index >= 15 is 0 Å². The highest BCUT2D eigenvalue weighted by Crippen LogP contribution is 2.03. The summed E-state index contributed by atoms with van der Waals surface area (Å²) >= 11 is 0. The van der Waals surface area contributed by atoms with E-state index in [1.165, 1.54) is 0 Å². The molecule has 0 aliphatic heterocycles. The first kappa shape index (κ1) is 16.4. The Hall–Kier alpha value is -1.69. The average Bonchev–Trinajstić information content (AvgIpc) is 2.43. The Kier molecular flexibility index (Phi) is 7.57. The SMILES string of the molecule is COCCCNC(=O)c1ccnc(NCCC(C)C)n1.